The standard InChI is InChI=1S/C15H18N2O3/c1-3-19-15(18)10-20-13-5-4-11(2)8-12(13)9-14-16-6-7-17-14/h4-8H,3,9-10H2,1-2H3,(H,16,17). The molecule has 5 heteroatoms. The Labute approximate surface area is 117 Å². The van der Waals surface area contributed by atoms with Crippen LogP contribution in [0.4, 0.5) is 0 Å². The van der Waals surface area contributed by atoms with Crippen LogP contribution in [0.1, 0.15) is 23.9 Å². The number of hydrogen-bond donors (Lipinski definition) is 1. The van der Waals surface area contributed by atoms with E-state index in [1.165, 1.54) is 0 Å². The molecule has 0 spiro atoms. The molecule has 0 radical (unpaired) electrons. The zero-order valence-corrected chi connectivity index (χ0v) is 11.7. The van der Waals surface area contributed by atoms with E-state index in [9.17, 15) is 4.79 Å². The molecule has 0 saturated heterocycles. The highest BCUT2D eigenvalue weighted by molar-refractivity contribution is 5.71. The zero-order valence-electron chi connectivity index (χ0n) is 11.7. The van der Waals surface area contributed by atoms with E-state index in [1.807, 2.05) is 25.1 Å². The fraction of sp³-hybridized carbons (Fsp3) is 0.333. The number of nitrogens with zero attached hydrogens (tertiary/aromatic N) is 1. The van der Waals surface area contributed by atoms with Crippen LogP contribution in [-0.2, 0) is 16.0 Å². The molecular weight excluding hydrogens is 256 g/mol. The van der Waals surface area contributed by atoms with Gasteiger partial charge in [-0.05, 0) is 19.9 Å². The summed E-state index contributed by atoms with van der Waals surface area (Å²) in [4.78, 5) is 18.6. The summed E-state index contributed by atoms with van der Waals surface area (Å²) in [6.07, 6.45) is 4.13. The van der Waals surface area contributed by atoms with E-state index < -0.39 is 0 Å². The molecule has 20 heavy (non-hydrogen) atoms. The molecule has 2 rings (SSSR count). The van der Waals surface area contributed by atoms with Gasteiger partial charge in [0.2, 0.25) is 0 Å². The molecule has 1 N–H and O–H groups in total. The summed E-state index contributed by atoms with van der Waals surface area (Å²) in [6, 6.07) is 5.85. The van der Waals surface area contributed by atoms with Crippen molar-refractivity contribution in [3.05, 3.63) is 47.5 Å². The predicted molar refractivity (Wildman–Crippen MR) is 74.7 cm³/mol. The minimum absolute atomic E-state index is 0.0813. The first-order valence-electron chi connectivity index (χ1n) is 6.55. The number of imidazole rings is 1. The van der Waals surface area contributed by atoms with E-state index in [1.54, 1.807) is 19.3 Å². The van der Waals surface area contributed by atoms with Gasteiger partial charge in [0.25, 0.3) is 0 Å². The van der Waals surface area contributed by atoms with Crippen LogP contribution in [-0.4, -0.2) is 29.2 Å². The Morgan fingerprint density at radius 3 is 2.95 bits per heavy atom. The third kappa shape index (κ3) is 3.85. The van der Waals surface area contributed by atoms with Gasteiger partial charge in [0.05, 0.1) is 6.61 Å². The Morgan fingerprint density at radius 2 is 2.25 bits per heavy atom. The highest BCUT2D eigenvalue weighted by Gasteiger charge is 2.09. The third-order valence-electron chi connectivity index (χ3n) is 2.78. The molecule has 0 aliphatic rings. The predicted octanol–water partition coefficient (Wildman–Crippen LogP) is 2.25. The number of H-pyrrole nitrogens is 1. The SMILES string of the molecule is CCOC(=O)COc1ccc(C)cc1Cc1ncc[nH]1. The lowest BCUT2D eigenvalue weighted by atomic mass is 10.1. The topological polar surface area (TPSA) is 64.2 Å². The molecule has 1 aromatic heterocycles. The lowest BCUT2D eigenvalue weighted by Gasteiger charge is -2.11. The molecule has 5 nitrogen and oxygen atoms in total. The molecule has 0 amide bonds. The molecule has 1 aromatic carbocycles. The number of hydrogen-bond acceptors (Lipinski definition) is 4. The van der Waals surface area contributed by atoms with Gasteiger partial charge in [0.15, 0.2) is 6.61 Å². The maximum atomic E-state index is 11.3. The molecule has 0 aliphatic carbocycles. The van der Waals surface area contributed by atoms with E-state index in [0.29, 0.717) is 18.8 Å². The summed E-state index contributed by atoms with van der Waals surface area (Å²) >= 11 is 0. The van der Waals surface area contributed by atoms with Crippen LogP contribution >= 0.6 is 0 Å². The summed E-state index contributed by atoms with van der Waals surface area (Å²) in [6.45, 7) is 4.06. The molecule has 0 saturated carbocycles. The molecule has 0 atom stereocenters. The van der Waals surface area contributed by atoms with Gasteiger partial charge in [0.1, 0.15) is 11.6 Å². The number of nitrogens with one attached hydrogen (secondary N) is 1. The molecule has 0 bridgehead atoms. The van der Waals surface area contributed by atoms with Gasteiger partial charge < -0.3 is 14.5 Å². The van der Waals surface area contributed by atoms with E-state index in [2.05, 4.69) is 9.97 Å². The van der Waals surface area contributed by atoms with Gasteiger partial charge in [-0.25, -0.2) is 9.78 Å². The van der Waals surface area contributed by atoms with E-state index in [4.69, 9.17) is 9.47 Å². The first-order chi connectivity index (χ1) is 9.69. The second kappa shape index (κ2) is 6.75. The van der Waals surface area contributed by atoms with Crippen LogP contribution < -0.4 is 4.74 Å². The highest BCUT2D eigenvalue weighted by Crippen LogP contribution is 2.22. The van der Waals surface area contributed by atoms with Crippen molar-refractivity contribution in [3.8, 4) is 5.75 Å². The Kier molecular flexibility index (Phi) is 4.76. The largest absolute Gasteiger partial charge is 0.482 e. The van der Waals surface area contributed by atoms with Crippen LogP contribution in [0.3, 0.4) is 0 Å². The minimum atomic E-state index is -0.364. The quantitative estimate of drug-likeness (QED) is 0.821. The number of carbonyl (C=O) groups is 1. The van der Waals surface area contributed by atoms with Crippen LogP contribution in [0.25, 0.3) is 0 Å². The van der Waals surface area contributed by atoms with Gasteiger partial charge >= 0.3 is 5.97 Å². The lowest BCUT2D eigenvalue weighted by Crippen LogP contribution is -2.15. The average molecular weight is 274 g/mol. The number of ether oxygens (including phenoxy) is 2. The van der Waals surface area contributed by atoms with Gasteiger partial charge in [-0.3, -0.25) is 0 Å². The number of esters is 1. The van der Waals surface area contributed by atoms with Gasteiger partial charge in [0, 0.05) is 24.4 Å². The number of aromatic amines is 1. The number of carbonyl (C=O) groups excluding carboxylic acids is 1. The van der Waals surface area contributed by atoms with Crippen molar-refractivity contribution in [2.45, 2.75) is 20.3 Å². The smallest absolute Gasteiger partial charge is 0.344 e. The lowest BCUT2D eigenvalue weighted by molar-refractivity contribution is -0.145. The summed E-state index contributed by atoms with van der Waals surface area (Å²) < 4.78 is 10.4. The normalized spacial score (nSPS) is 10.3. The summed E-state index contributed by atoms with van der Waals surface area (Å²) in [5.74, 6) is 1.17. The highest BCUT2D eigenvalue weighted by atomic mass is 16.6. The van der Waals surface area contributed by atoms with Crippen molar-refractivity contribution in [2.75, 3.05) is 13.2 Å². The number of benzene rings is 1. The van der Waals surface area contributed by atoms with Crippen LogP contribution in [0.2, 0.25) is 0 Å². The fourth-order valence-electron chi connectivity index (χ4n) is 1.90. The minimum Gasteiger partial charge on any atom is -0.482 e. The van der Waals surface area contributed by atoms with E-state index in [-0.39, 0.29) is 12.6 Å². The summed E-state index contributed by atoms with van der Waals surface area (Å²) in [5, 5.41) is 0. The molecule has 1 heterocycles. The zero-order chi connectivity index (χ0) is 14.4. The van der Waals surface area contributed by atoms with Crippen molar-refractivity contribution in [1.29, 1.82) is 0 Å². The van der Waals surface area contributed by atoms with Crippen molar-refractivity contribution in [1.82, 2.24) is 9.97 Å². The van der Waals surface area contributed by atoms with Gasteiger partial charge in [-0.1, -0.05) is 17.7 Å². The van der Waals surface area contributed by atoms with Crippen LogP contribution in [0.5, 0.6) is 5.75 Å². The number of aromatic nitrogens is 2. The van der Waals surface area contributed by atoms with Crippen LogP contribution in [0.15, 0.2) is 30.6 Å². The van der Waals surface area contributed by atoms with Crippen molar-refractivity contribution >= 4 is 5.97 Å². The summed E-state index contributed by atoms with van der Waals surface area (Å²) in [5.41, 5.74) is 2.12. The Bertz CT molecular complexity index is 565. The average Bonchev–Trinajstić information content (AvgIpc) is 2.91. The molecule has 0 aliphatic heterocycles. The second-order valence-electron chi connectivity index (χ2n) is 4.42. The van der Waals surface area contributed by atoms with E-state index >= 15 is 0 Å². The van der Waals surface area contributed by atoms with Crippen molar-refractivity contribution < 1.29 is 14.3 Å². The van der Waals surface area contributed by atoms with Crippen molar-refractivity contribution in [3.63, 3.8) is 0 Å². The molecular formula is C15H18N2O3. The van der Waals surface area contributed by atoms with Crippen LogP contribution in [0, 0.1) is 6.92 Å². The number of rotatable bonds is 6. The van der Waals surface area contributed by atoms with Gasteiger partial charge in [-0.2, -0.15) is 0 Å². The maximum Gasteiger partial charge on any atom is 0.344 e. The molecule has 0 fully saturated rings. The Morgan fingerprint density at radius 1 is 1.40 bits per heavy atom. The number of aryl methyl sites for hydroxylation is 1. The molecule has 2 aromatic rings. The fourth-order valence-corrected chi connectivity index (χ4v) is 1.90. The van der Waals surface area contributed by atoms with Crippen molar-refractivity contribution in [2.24, 2.45) is 0 Å². The third-order valence-corrected chi connectivity index (χ3v) is 2.78. The maximum absolute atomic E-state index is 11.3. The molecule has 106 valence electrons. The Hall–Kier alpha value is -2.30. The monoisotopic (exact) mass is 274 g/mol. The summed E-state index contributed by atoms with van der Waals surface area (Å²) in [7, 11) is 0. The first-order valence-corrected chi connectivity index (χ1v) is 6.55. The molecule has 0 unspecified atom stereocenters. The second-order valence-corrected chi connectivity index (χ2v) is 4.42. The van der Waals surface area contributed by atoms with E-state index in [0.717, 1.165) is 17.0 Å². The Balaban J connectivity index is 2.09. The van der Waals surface area contributed by atoms with Gasteiger partial charge in [-0.15, -0.1) is 0 Å². The first kappa shape index (κ1) is 14.1.